The van der Waals surface area contributed by atoms with Crippen molar-refractivity contribution < 1.29 is 0 Å². The van der Waals surface area contributed by atoms with Crippen LogP contribution in [0.15, 0.2) is 18.2 Å². The molecular weight excluding hydrogens is 230 g/mol. The molecule has 0 heterocycles. The minimum Gasteiger partial charge on any atom is -0.307 e. The molecule has 19 heavy (non-hydrogen) atoms. The van der Waals surface area contributed by atoms with Crippen LogP contribution in [-0.4, -0.2) is 6.04 Å². The molecule has 1 aliphatic rings. The highest BCUT2D eigenvalue weighted by molar-refractivity contribution is 5.31. The van der Waals surface area contributed by atoms with Gasteiger partial charge in [0.2, 0.25) is 0 Å². The molecule has 0 saturated heterocycles. The summed E-state index contributed by atoms with van der Waals surface area (Å²) in [7, 11) is 0. The molecule has 106 valence electrons. The van der Waals surface area contributed by atoms with Crippen molar-refractivity contribution in [1.82, 2.24) is 5.32 Å². The summed E-state index contributed by atoms with van der Waals surface area (Å²) in [6, 6.07) is 8.06. The van der Waals surface area contributed by atoms with E-state index in [0.29, 0.717) is 6.04 Å². The second-order valence-corrected chi connectivity index (χ2v) is 6.36. The lowest BCUT2D eigenvalue weighted by Gasteiger charge is -2.31. The van der Waals surface area contributed by atoms with E-state index < -0.39 is 0 Å². The van der Waals surface area contributed by atoms with Crippen LogP contribution in [0.3, 0.4) is 0 Å². The summed E-state index contributed by atoms with van der Waals surface area (Å²) in [5.41, 5.74) is 4.22. The highest BCUT2D eigenvalue weighted by Crippen LogP contribution is 2.28. The maximum absolute atomic E-state index is 3.83. The smallest absolute Gasteiger partial charge is 0.0294 e. The van der Waals surface area contributed by atoms with Gasteiger partial charge in [-0.3, -0.25) is 0 Å². The lowest BCUT2D eigenvalue weighted by atomic mass is 9.84. The molecule has 1 nitrogen and oxygen atoms in total. The van der Waals surface area contributed by atoms with Crippen molar-refractivity contribution in [3.63, 3.8) is 0 Å². The van der Waals surface area contributed by atoms with Crippen molar-refractivity contribution in [1.29, 1.82) is 0 Å². The SMILES string of the molecule is CCC1CCC(NC(C)c2ccc(C)c(C)c2)CC1. The summed E-state index contributed by atoms with van der Waals surface area (Å²) < 4.78 is 0. The molecule has 1 aromatic rings. The fourth-order valence-electron chi connectivity index (χ4n) is 3.22. The third-order valence-corrected chi connectivity index (χ3v) is 4.94. The van der Waals surface area contributed by atoms with Gasteiger partial charge in [-0.2, -0.15) is 0 Å². The van der Waals surface area contributed by atoms with E-state index in [1.165, 1.54) is 48.8 Å². The predicted octanol–water partition coefficient (Wildman–Crippen LogP) is 4.92. The number of hydrogen-bond donors (Lipinski definition) is 1. The van der Waals surface area contributed by atoms with Gasteiger partial charge >= 0.3 is 0 Å². The average Bonchev–Trinajstić information content (AvgIpc) is 2.42. The van der Waals surface area contributed by atoms with Crippen molar-refractivity contribution in [2.45, 2.75) is 71.9 Å². The zero-order valence-corrected chi connectivity index (χ0v) is 13.0. The molecule has 1 aliphatic carbocycles. The van der Waals surface area contributed by atoms with Crippen LogP contribution in [-0.2, 0) is 0 Å². The van der Waals surface area contributed by atoms with Crippen molar-refractivity contribution in [2.75, 3.05) is 0 Å². The maximum atomic E-state index is 3.83. The highest BCUT2D eigenvalue weighted by atomic mass is 14.9. The number of nitrogens with one attached hydrogen (secondary N) is 1. The van der Waals surface area contributed by atoms with Crippen molar-refractivity contribution >= 4 is 0 Å². The molecule has 0 bridgehead atoms. The number of benzene rings is 1. The minimum atomic E-state index is 0.475. The van der Waals surface area contributed by atoms with E-state index in [-0.39, 0.29) is 0 Å². The molecule has 0 amide bonds. The molecule has 0 radical (unpaired) electrons. The molecule has 1 heteroatoms. The first-order chi connectivity index (χ1) is 9.10. The quantitative estimate of drug-likeness (QED) is 0.809. The van der Waals surface area contributed by atoms with Gasteiger partial charge in [0.25, 0.3) is 0 Å². The molecule has 1 saturated carbocycles. The first-order valence-electron chi connectivity index (χ1n) is 7.93. The molecule has 1 unspecified atom stereocenters. The largest absolute Gasteiger partial charge is 0.307 e. The monoisotopic (exact) mass is 259 g/mol. The van der Waals surface area contributed by atoms with Crippen LogP contribution in [0, 0.1) is 19.8 Å². The van der Waals surface area contributed by atoms with E-state index in [0.717, 1.165) is 12.0 Å². The summed E-state index contributed by atoms with van der Waals surface area (Å²) in [4.78, 5) is 0. The molecule has 0 aliphatic heterocycles. The molecule has 1 fully saturated rings. The Kier molecular flexibility index (Phi) is 5.04. The minimum absolute atomic E-state index is 0.475. The lowest BCUT2D eigenvalue weighted by Crippen LogP contribution is -2.34. The summed E-state index contributed by atoms with van der Waals surface area (Å²) in [6.45, 7) is 9.02. The Hall–Kier alpha value is -0.820. The van der Waals surface area contributed by atoms with Crippen LogP contribution in [0.5, 0.6) is 0 Å². The number of hydrogen-bond acceptors (Lipinski definition) is 1. The standard InChI is InChI=1S/C18H29N/c1-5-16-7-10-18(11-8-16)19-15(4)17-9-6-13(2)14(3)12-17/h6,9,12,15-16,18-19H,5,7-8,10-11H2,1-4H3. The Labute approximate surface area is 118 Å². The van der Waals surface area contributed by atoms with Gasteiger partial charge in [0.05, 0.1) is 0 Å². The van der Waals surface area contributed by atoms with E-state index in [1.807, 2.05) is 0 Å². The zero-order valence-electron chi connectivity index (χ0n) is 13.0. The molecule has 0 spiro atoms. The second-order valence-electron chi connectivity index (χ2n) is 6.36. The highest BCUT2D eigenvalue weighted by Gasteiger charge is 2.21. The topological polar surface area (TPSA) is 12.0 Å². The first kappa shape index (κ1) is 14.6. The third-order valence-electron chi connectivity index (χ3n) is 4.94. The molecule has 0 aromatic heterocycles. The second kappa shape index (κ2) is 6.56. The van der Waals surface area contributed by atoms with Crippen LogP contribution in [0.2, 0.25) is 0 Å². The van der Waals surface area contributed by atoms with Gasteiger partial charge in [-0.25, -0.2) is 0 Å². The van der Waals surface area contributed by atoms with Crippen molar-refractivity contribution in [3.05, 3.63) is 34.9 Å². The number of rotatable bonds is 4. The molecule has 1 atom stereocenters. The lowest BCUT2D eigenvalue weighted by molar-refractivity contribution is 0.273. The summed E-state index contributed by atoms with van der Waals surface area (Å²) in [6.07, 6.45) is 6.89. The van der Waals surface area contributed by atoms with E-state index in [2.05, 4.69) is 51.2 Å². The summed E-state index contributed by atoms with van der Waals surface area (Å²) in [5, 5.41) is 3.83. The van der Waals surface area contributed by atoms with Crippen LogP contribution in [0.4, 0.5) is 0 Å². The Morgan fingerprint density at radius 1 is 1.11 bits per heavy atom. The molecular formula is C18H29N. The normalized spacial score (nSPS) is 25.3. The average molecular weight is 259 g/mol. The first-order valence-corrected chi connectivity index (χ1v) is 7.93. The Balaban J connectivity index is 1.90. The van der Waals surface area contributed by atoms with E-state index in [9.17, 15) is 0 Å². The Morgan fingerprint density at radius 2 is 1.79 bits per heavy atom. The maximum Gasteiger partial charge on any atom is 0.0294 e. The Morgan fingerprint density at radius 3 is 2.37 bits per heavy atom. The van der Waals surface area contributed by atoms with Crippen LogP contribution < -0.4 is 5.32 Å². The molecule has 2 rings (SSSR count). The summed E-state index contributed by atoms with van der Waals surface area (Å²) in [5.74, 6) is 0.981. The molecule has 1 N–H and O–H groups in total. The van der Waals surface area contributed by atoms with Crippen LogP contribution >= 0.6 is 0 Å². The van der Waals surface area contributed by atoms with Gasteiger partial charge in [-0.05, 0) is 69.1 Å². The number of aryl methyl sites for hydroxylation is 2. The van der Waals surface area contributed by atoms with Gasteiger partial charge in [0.15, 0.2) is 0 Å². The van der Waals surface area contributed by atoms with Crippen LogP contribution in [0.25, 0.3) is 0 Å². The van der Waals surface area contributed by atoms with Gasteiger partial charge in [-0.1, -0.05) is 31.5 Å². The fourth-order valence-corrected chi connectivity index (χ4v) is 3.22. The molecule has 1 aromatic carbocycles. The third kappa shape index (κ3) is 3.82. The predicted molar refractivity (Wildman–Crippen MR) is 83.5 cm³/mol. The van der Waals surface area contributed by atoms with Gasteiger partial charge < -0.3 is 5.32 Å². The van der Waals surface area contributed by atoms with Gasteiger partial charge in [-0.15, -0.1) is 0 Å². The van der Waals surface area contributed by atoms with Crippen molar-refractivity contribution in [3.8, 4) is 0 Å². The van der Waals surface area contributed by atoms with E-state index in [1.54, 1.807) is 0 Å². The summed E-state index contributed by atoms with van der Waals surface area (Å²) >= 11 is 0. The van der Waals surface area contributed by atoms with Gasteiger partial charge in [0.1, 0.15) is 0 Å². The van der Waals surface area contributed by atoms with E-state index in [4.69, 9.17) is 0 Å². The van der Waals surface area contributed by atoms with E-state index >= 15 is 0 Å². The Bertz CT molecular complexity index is 402. The zero-order chi connectivity index (χ0) is 13.8. The van der Waals surface area contributed by atoms with Gasteiger partial charge in [0, 0.05) is 12.1 Å². The van der Waals surface area contributed by atoms with Crippen molar-refractivity contribution in [2.24, 2.45) is 5.92 Å². The van der Waals surface area contributed by atoms with Crippen LogP contribution in [0.1, 0.15) is 68.7 Å². The fraction of sp³-hybridized carbons (Fsp3) is 0.667.